The van der Waals surface area contributed by atoms with Crippen LogP contribution in [-0.2, 0) is 19.1 Å². The fourth-order valence-corrected chi connectivity index (χ4v) is 5.34. The number of Topliss-reactive ketones (excluding diaryl/α,β-unsaturated/α-hetero) is 2. The molecule has 0 saturated carbocycles. The Morgan fingerprint density at radius 3 is 2.24 bits per heavy atom. The van der Waals surface area contributed by atoms with E-state index in [1.807, 2.05) is 0 Å². The summed E-state index contributed by atoms with van der Waals surface area (Å²) in [6, 6.07) is 8.69. The summed E-state index contributed by atoms with van der Waals surface area (Å²) >= 11 is 6.61. The van der Waals surface area contributed by atoms with Crippen molar-refractivity contribution >= 4 is 34.8 Å². The van der Waals surface area contributed by atoms with E-state index in [9.17, 15) is 18.8 Å². The molecule has 0 atom stereocenters. The van der Waals surface area contributed by atoms with Gasteiger partial charge in [-0.2, -0.15) is 0 Å². The molecule has 0 saturated heterocycles. The van der Waals surface area contributed by atoms with Crippen LogP contribution in [0.25, 0.3) is 0 Å². The summed E-state index contributed by atoms with van der Waals surface area (Å²) in [6.45, 7) is -0.369. The van der Waals surface area contributed by atoms with Gasteiger partial charge in [0.05, 0.1) is 12.1 Å². The van der Waals surface area contributed by atoms with Crippen molar-refractivity contribution < 1.29 is 33.0 Å². The first kappa shape index (κ1) is 25.0. The molecule has 192 valence electrons. The number of anilines is 1. The quantitative estimate of drug-likeness (QED) is 0.525. The van der Waals surface area contributed by atoms with Crippen molar-refractivity contribution in [2.45, 2.75) is 44.4 Å². The number of hydrogen-bond acceptors (Lipinski definition) is 6. The fraction of sp³-hybridized carbons (Fsp3) is 0.321. The predicted octanol–water partition coefficient (Wildman–Crippen LogP) is 5.63. The average molecular weight is 526 g/mol. The Labute approximate surface area is 218 Å². The molecule has 1 amide bonds. The van der Waals surface area contributed by atoms with E-state index in [0.717, 1.165) is 0 Å². The molecule has 7 nitrogen and oxygen atoms in total. The third-order valence-corrected chi connectivity index (χ3v) is 6.98. The SMILES string of the molecule is COc1cc(C2C3=C(CCCC3=O)OC3=C2C(=O)CCC3)cc(Cl)c1OCC(=O)Nc1ccc(F)cc1. The van der Waals surface area contributed by atoms with Crippen molar-refractivity contribution in [1.29, 1.82) is 0 Å². The summed E-state index contributed by atoms with van der Waals surface area (Å²) in [5.41, 5.74) is 2.06. The lowest BCUT2D eigenvalue weighted by molar-refractivity contribution is -0.119. The molecule has 5 rings (SSSR count). The van der Waals surface area contributed by atoms with E-state index in [4.69, 9.17) is 25.8 Å². The topological polar surface area (TPSA) is 90.9 Å². The zero-order valence-electron chi connectivity index (χ0n) is 20.2. The third-order valence-electron chi connectivity index (χ3n) is 6.70. The van der Waals surface area contributed by atoms with E-state index in [1.165, 1.54) is 31.4 Å². The van der Waals surface area contributed by atoms with Crippen LogP contribution in [-0.4, -0.2) is 31.2 Å². The van der Waals surface area contributed by atoms with Gasteiger partial charge in [0.1, 0.15) is 17.3 Å². The van der Waals surface area contributed by atoms with Crippen LogP contribution >= 0.6 is 11.6 Å². The van der Waals surface area contributed by atoms with Gasteiger partial charge in [0, 0.05) is 48.4 Å². The number of rotatable bonds is 6. The molecular formula is C28H25ClFNO6. The van der Waals surface area contributed by atoms with E-state index in [0.29, 0.717) is 72.4 Å². The molecule has 1 heterocycles. The second-order valence-corrected chi connectivity index (χ2v) is 9.55. The number of nitrogens with one attached hydrogen (secondary N) is 1. The molecule has 2 aromatic rings. The predicted molar refractivity (Wildman–Crippen MR) is 134 cm³/mol. The molecule has 2 aliphatic carbocycles. The monoisotopic (exact) mass is 525 g/mol. The first-order valence-electron chi connectivity index (χ1n) is 12.1. The normalized spacial score (nSPS) is 17.7. The van der Waals surface area contributed by atoms with Gasteiger partial charge < -0.3 is 19.5 Å². The summed E-state index contributed by atoms with van der Waals surface area (Å²) < 4.78 is 30.4. The van der Waals surface area contributed by atoms with Crippen molar-refractivity contribution in [3.63, 3.8) is 0 Å². The molecule has 1 aliphatic heterocycles. The van der Waals surface area contributed by atoms with Crippen molar-refractivity contribution in [1.82, 2.24) is 0 Å². The smallest absolute Gasteiger partial charge is 0.262 e. The number of amides is 1. The maximum absolute atomic E-state index is 13.1. The van der Waals surface area contributed by atoms with Crippen LogP contribution in [0.15, 0.2) is 59.1 Å². The minimum Gasteiger partial charge on any atom is -0.493 e. The van der Waals surface area contributed by atoms with E-state index in [2.05, 4.69) is 5.32 Å². The number of carbonyl (C=O) groups excluding carboxylic acids is 3. The van der Waals surface area contributed by atoms with Gasteiger partial charge in [-0.15, -0.1) is 0 Å². The van der Waals surface area contributed by atoms with Gasteiger partial charge in [-0.3, -0.25) is 14.4 Å². The molecule has 3 aliphatic rings. The number of hydrogen-bond donors (Lipinski definition) is 1. The Morgan fingerprint density at radius 1 is 1.03 bits per heavy atom. The second kappa shape index (κ2) is 10.4. The number of ether oxygens (including phenoxy) is 3. The molecule has 2 aromatic carbocycles. The highest BCUT2D eigenvalue weighted by Crippen LogP contribution is 2.50. The first-order chi connectivity index (χ1) is 17.9. The van der Waals surface area contributed by atoms with Gasteiger partial charge >= 0.3 is 0 Å². The molecule has 1 N–H and O–H groups in total. The van der Waals surface area contributed by atoms with Gasteiger partial charge in [0.15, 0.2) is 29.7 Å². The average Bonchev–Trinajstić information content (AvgIpc) is 2.88. The summed E-state index contributed by atoms with van der Waals surface area (Å²) in [4.78, 5) is 38.4. The standard InChI is InChI=1S/C28H25ClFNO6/c1-35-23-13-15(12-18(29)28(23)36-14-24(34)31-17-10-8-16(30)9-11-17)25-26-19(32)4-2-6-21(26)37-22-7-3-5-20(33)27(22)25/h8-13,25H,2-7,14H2,1H3,(H,31,34). The molecule has 37 heavy (non-hydrogen) atoms. The highest BCUT2D eigenvalue weighted by Gasteiger charge is 2.42. The Kier molecular flexibility index (Phi) is 7.02. The van der Waals surface area contributed by atoms with E-state index in [-0.39, 0.29) is 34.7 Å². The lowest BCUT2D eigenvalue weighted by atomic mass is 9.73. The van der Waals surface area contributed by atoms with Gasteiger partial charge in [-0.25, -0.2) is 4.39 Å². The summed E-state index contributed by atoms with van der Waals surface area (Å²) in [5, 5.41) is 2.79. The van der Waals surface area contributed by atoms with Crippen LogP contribution < -0.4 is 14.8 Å². The molecule has 0 aromatic heterocycles. The molecule has 0 fully saturated rings. The Balaban J connectivity index is 1.45. The highest BCUT2D eigenvalue weighted by molar-refractivity contribution is 6.32. The number of halogens is 2. The number of benzene rings is 2. The molecular weight excluding hydrogens is 501 g/mol. The maximum atomic E-state index is 13.1. The largest absolute Gasteiger partial charge is 0.493 e. The highest BCUT2D eigenvalue weighted by atomic mass is 35.5. The molecule has 0 bridgehead atoms. The van der Waals surface area contributed by atoms with Crippen LogP contribution in [0.5, 0.6) is 11.5 Å². The first-order valence-corrected chi connectivity index (χ1v) is 12.5. The number of ketones is 2. The van der Waals surface area contributed by atoms with Gasteiger partial charge in [0.2, 0.25) is 0 Å². The van der Waals surface area contributed by atoms with Crippen LogP contribution in [0.4, 0.5) is 10.1 Å². The molecule has 0 radical (unpaired) electrons. The van der Waals surface area contributed by atoms with Crippen molar-refractivity contribution in [2.24, 2.45) is 0 Å². The Morgan fingerprint density at radius 2 is 1.65 bits per heavy atom. The summed E-state index contributed by atoms with van der Waals surface area (Å²) in [6.07, 6.45) is 3.47. The Bertz CT molecular complexity index is 1310. The van der Waals surface area contributed by atoms with Crippen LogP contribution in [0.3, 0.4) is 0 Å². The third kappa shape index (κ3) is 4.98. The zero-order valence-corrected chi connectivity index (χ0v) is 21.0. The van der Waals surface area contributed by atoms with E-state index < -0.39 is 17.6 Å². The molecule has 0 unspecified atom stereocenters. The van der Waals surface area contributed by atoms with E-state index in [1.54, 1.807) is 12.1 Å². The lowest BCUT2D eigenvalue weighted by Crippen LogP contribution is -2.30. The van der Waals surface area contributed by atoms with Crippen LogP contribution in [0.1, 0.15) is 50.0 Å². The maximum Gasteiger partial charge on any atom is 0.262 e. The number of carbonyl (C=O) groups is 3. The van der Waals surface area contributed by atoms with E-state index >= 15 is 0 Å². The minimum atomic E-state index is -0.596. The summed E-state index contributed by atoms with van der Waals surface area (Å²) in [5.74, 6) is 0.122. The van der Waals surface area contributed by atoms with Crippen LogP contribution in [0, 0.1) is 5.82 Å². The number of allylic oxidation sites excluding steroid dienone is 4. The minimum absolute atomic E-state index is 0.0379. The second-order valence-electron chi connectivity index (χ2n) is 9.14. The Hall–Kier alpha value is -3.65. The fourth-order valence-electron chi connectivity index (χ4n) is 5.07. The van der Waals surface area contributed by atoms with Crippen molar-refractivity contribution in [3.8, 4) is 11.5 Å². The zero-order chi connectivity index (χ0) is 26.1. The van der Waals surface area contributed by atoms with Gasteiger partial charge in [0.25, 0.3) is 5.91 Å². The van der Waals surface area contributed by atoms with Gasteiger partial charge in [-0.1, -0.05) is 11.6 Å². The molecule has 9 heteroatoms. The molecule has 0 spiro atoms. The van der Waals surface area contributed by atoms with Gasteiger partial charge in [-0.05, 0) is 54.8 Å². The van der Waals surface area contributed by atoms with Crippen LogP contribution in [0.2, 0.25) is 5.02 Å². The lowest BCUT2D eigenvalue weighted by Gasteiger charge is -2.36. The van der Waals surface area contributed by atoms with Crippen molar-refractivity contribution in [3.05, 3.63) is 75.5 Å². The summed E-state index contributed by atoms with van der Waals surface area (Å²) in [7, 11) is 1.44. The number of methoxy groups -OCH3 is 1. The van der Waals surface area contributed by atoms with Crippen molar-refractivity contribution in [2.75, 3.05) is 19.0 Å².